The van der Waals surface area contributed by atoms with Crippen LogP contribution in [0.1, 0.15) is 31.3 Å². The maximum Gasteiger partial charge on any atom is 0.165 e. The van der Waals surface area contributed by atoms with E-state index in [0.29, 0.717) is 0 Å². The fourth-order valence-corrected chi connectivity index (χ4v) is 6.15. The summed E-state index contributed by atoms with van der Waals surface area (Å²) in [5.74, 6) is 2.66. The summed E-state index contributed by atoms with van der Waals surface area (Å²) in [6.45, 7) is 9.06. The van der Waals surface area contributed by atoms with Crippen molar-refractivity contribution >= 4 is 22.7 Å². The summed E-state index contributed by atoms with van der Waals surface area (Å²) in [5, 5.41) is 0.996. The monoisotopic (exact) mass is 582 g/mol. The van der Waals surface area contributed by atoms with Gasteiger partial charge in [-0.3, -0.25) is 0 Å². The molecule has 10 nitrogen and oxygen atoms in total. The van der Waals surface area contributed by atoms with E-state index >= 15 is 0 Å². The molecule has 0 atom stereocenters. The Kier molecular flexibility index (Phi) is 6.97. The molecule has 2 fully saturated rings. The molecule has 0 spiro atoms. The molecule has 0 unspecified atom stereocenters. The predicted octanol–water partition coefficient (Wildman–Crippen LogP) is 5.26. The van der Waals surface area contributed by atoms with Crippen molar-refractivity contribution in [3.05, 3.63) is 66.3 Å². The van der Waals surface area contributed by atoms with Gasteiger partial charge < -0.3 is 29.2 Å². The molecular weight excluding hydrogens is 547 g/mol. The number of methoxy groups -OCH3 is 1. The van der Waals surface area contributed by atoms with Gasteiger partial charge in [0.05, 0.1) is 31.4 Å². The summed E-state index contributed by atoms with van der Waals surface area (Å²) in [5.41, 5.74) is 5.06. The molecule has 0 bridgehead atoms. The fraction of sp³-hybridized carbons (Fsp3) is 0.375. The Balaban J connectivity index is 1.09. The van der Waals surface area contributed by atoms with E-state index in [9.17, 15) is 4.39 Å². The number of aryl methyl sites for hydroxylation is 1. The second-order valence-electron chi connectivity index (χ2n) is 11.6. The molecule has 1 aromatic carbocycles. The van der Waals surface area contributed by atoms with Crippen LogP contribution >= 0.6 is 0 Å². The molecule has 0 amide bonds. The number of rotatable bonds is 6. The molecule has 6 heterocycles. The molecule has 0 saturated carbocycles. The van der Waals surface area contributed by atoms with E-state index in [-0.39, 0.29) is 11.2 Å². The molecule has 0 aliphatic carbocycles. The van der Waals surface area contributed by atoms with Crippen molar-refractivity contribution in [2.75, 3.05) is 56.3 Å². The minimum Gasteiger partial charge on any atom is -0.494 e. The summed E-state index contributed by atoms with van der Waals surface area (Å²) in [4.78, 5) is 30.5. The van der Waals surface area contributed by atoms with Gasteiger partial charge in [-0.05, 0) is 56.2 Å². The highest BCUT2D eigenvalue weighted by Gasteiger charge is 2.36. The van der Waals surface area contributed by atoms with Gasteiger partial charge in [0.15, 0.2) is 11.6 Å². The maximum atomic E-state index is 14.4. The van der Waals surface area contributed by atoms with Crippen LogP contribution in [0.5, 0.6) is 5.75 Å². The molecule has 0 radical (unpaired) electrons. The van der Waals surface area contributed by atoms with Crippen molar-refractivity contribution < 1.29 is 13.9 Å². The number of hydrogen-bond acceptors (Lipinski definition) is 8. The molecule has 5 aromatic rings. The smallest absolute Gasteiger partial charge is 0.165 e. The Morgan fingerprint density at radius 1 is 0.930 bits per heavy atom. The van der Waals surface area contributed by atoms with Crippen LogP contribution in [0.3, 0.4) is 0 Å². The van der Waals surface area contributed by atoms with Crippen molar-refractivity contribution in [1.29, 1.82) is 0 Å². The number of ether oxygens (including phenoxy) is 2. The first-order valence-corrected chi connectivity index (χ1v) is 14.7. The van der Waals surface area contributed by atoms with E-state index in [0.717, 1.165) is 109 Å². The van der Waals surface area contributed by atoms with Gasteiger partial charge in [-0.15, -0.1) is 0 Å². The number of piperidine rings is 1. The molecule has 2 aliphatic rings. The van der Waals surface area contributed by atoms with E-state index in [1.54, 1.807) is 12.4 Å². The molecule has 4 aromatic heterocycles. The van der Waals surface area contributed by atoms with Gasteiger partial charge in [0.1, 0.15) is 29.4 Å². The lowest BCUT2D eigenvalue weighted by molar-refractivity contribution is 0.122. The second-order valence-corrected chi connectivity index (χ2v) is 11.6. The van der Waals surface area contributed by atoms with Crippen molar-refractivity contribution in [3.8, 4) is 28.3 Å². The summed E-state index contributed by atoms with van der Waals surface area (Å²) < 4.78 is 25.0. The van der Waals surface area contributed by atoms with Crippen LogP contribution in [0, 0.1) is 12.7 Å². The highest BCUT2D eigenvalue weighted by atomic mass is 19.1. The third-order valence-electron chi connectivity index (χ3n) is 8.85. The van der Waals surface area contributed by atoms with Crippen molar-refractivity contribution in [3.63, 3.8) is 0 Å². The topological polar surface area (TPSA) is 108 Å². The Bertz CT molecular complexity index is 1750. The lowest BCUT2D eigenvalue weighted by Crippen LogP contribution is -2.42. The lowest BCUT2D eigenvalue weighted by atomic mass is 9.79. The molecule has 43 heavy (non-hydrogen) atoms. The van der Waals surface area contributed by atoms with Gasteiger partial charge in [0.25, 0.3) is 0 Å². The zero-order chi connectivity index (χ0) is 29.6. The molecule has 7 rings (SSSR count). The normalized spacial score (nSPS) is 17.0. The molecule has 2 N–H and O–H groups in total. The Morgan fingerprint density at radius 2 is 1.72 bits per heavy atom. The van der Waals surface area contributed by atoms with Crippen molar-refractivity contribution in [2.24, 2.45) is 0 Å². The molecule has 2 aliphatic heterocycles. The fourth-order valence-electron chi connectivity index (χ4n) is 6.15. The van der Waals surface area contributed by atoms with Crippen molar-refractivity contribution in [2.45, 2.75) is 32.1 Å². The SMILES string of the molecule is COc1ccc(-c2nc(C3(C)CCN(c4ncnc5[nH]c(-c6ccc(N7CCOCC7)nc6)cc45)CC3)[nH]c2C)cc1F. The lowest BCUT2D eigenvalue weighted by Gasteiger charge is -2.38. The highest BCUT2D eigenvalue weighted by molar-refractivity contribution is 5.92. The third-order valence-corrected chi connectivity index (χ3v) is 8.85. The molecule has 2 saturated heterocycles. The number of aromatic amines is 2. The van der Waals surface area contributed by atoms with E-state index in [1.165, 1.54) is 13.2 Å². The van der Waals surface area contributed by atoms with Gasteiger partial charge in [0, 0.05) is 60.3 Å². The number of hydrogen-bond donors (Lipinski definition) is 2. The summed E-state index contributed by atoms with van der Waals surface area (Å²) in [6.07, 6.45) is 5.33. The number of aromatic nitrogens is 6. The van der Waals surface area contributed by atoms with Crippen LogP contribution in [-0.4, -0.2) is 76.4 Å². The van der Waals surface area contributed by atoms with Gasteiger partial charge in [-0.2, -0.15) is 0 Å². The molecular formula is C32H35FN8O2. The number of nitrogens with one attached hydrogen (secondary N) is 2. The summed E-state index contributed by atoms with van der Waals surface area (Å²) >= 11 is 0. The number of morpholine rings is 1. The number of benzene rings is 1. The summed E-state index contributed by atoms with van der Waals surface area (Å²) in [6, 6.07) is 11.3. The standard InChI is InChI=1S/C32H35FN8O2/c1-20-28(21-4-6-26(42-3)24(33)16-21)39-31(37-20)32(2)8-10-41(11-9-32)30-23-17-25(38-29(23)35-19-36-30)22-5-7-27(34-18-22)40-12-14-43-15-13-40/h4-7,16-19H,8-15H2,1-3H3,(H,37,39)(H,35,36,38). The third kappa shape index (κ3) is 5.07. The van der Waals surface area contributed by atoms with Gasteiger partial charge in [0.2, 0.25) is 0 Å². The largest absolute Gasteiger partial charge is 0.494 e. The zero-order valence-electron chi connectivity index (χ0n) is 24.7. The maximum absolute atomic E-state index is 14.4. The minimum atomic E-state index is -0.395. The van der Waals surface area contributed by atoms with E-state index in [4.69, 9.17) is 24.4 Å². The minimum absolute atomic E-state index is 0.145. The van der Waals surface area contributed by atoms with E-state index < -0.39 is 5.82 Å². The first-order chi connectivity index (χ1) is 20.9. The number of imidazole rings is 1. The Hall–Kier alpha value is -4.51. The number of halogens is 1. The average Bonchev–Trinajstić information content (AvgIpc) is 3.66. The number of H-pyrrole nitrogens is 2. The van der Waals surface area contributed by atoms with Crippen LogP contribution in [0.4, 0.5) is 16.0 Å². The average molecular weight is 583 g/mol. The van der Waals surface area contributed by atoms with Crippen LogP contribution in [-0.2, 0) is 10.2 Å². The number of fused-ring (bicyclic) bond motifs is 1. The number of anilines is 2. The number of pyridine rings is 1. The van der Waals surface area contributed by atoms with Crippen LogP contribution < -0.4 is 14.5 Å². The highest BCUT2D eigenvalue weighted by Crippen LogP contribution is 2.38. The van der Waals surface area contributed by atoms with E-state index in [2.05, 4.69) is 49.9 Å². The zero-order valence-corrected chi connectivity index (χ0v) is 24.7. The van der Waals surface area contributed by atoms with E-state index in [1.807, 2.05) is 19.2 Å². The Labute approximate surface area is 249 Å². The molecule has 11 heteroatoms. The van der Waals surface area contributed by atoms with Crippen molar-refractivity contribution in [1.82, 2.24) is 29.9 Å². The summed E-state index contributed by atoms with van der Waals surface area (Å²) in [7, 11) is 1.47. The number of nitrogens with zero attached hydrogens (tertiary/aromatic N) is 6. The van der Waals surface area contributed by atoms with Gasteiger partial charge >= 0.3 is 0 Å². The molecule has 222 valence electrons. The van der Waals surface area contributed by atoms with Gasteiger partial charge in [-0.1, -0.05) is 6.92 Å². The predicted molar refractivity (Wildman–Crippen MR) is 164 cm³/mol. The quantitative estimate of drug-likeness (QED) is 0.279. The van der Waals surface area contributed by atoms with Crippen LogP contribution in [0.15, 0.2) is 48.9 Å². The Morgan fingerprint density at radius 3 is 2.44 bits per heavy atom. The van der Waals surface area contributed by atoms with Crippen LogP contribution in [0.25, 0.3) is 33.5 Å². The van der Waals surface area contributed by atoms with Gasteiger partial charge in [-0.25, -0.2) is 24.3 Å². The first-order valence-electron chi connectivity index (χ1n) is 14.7. The van der Waals surface area contributed by atoms with Crippen LogP contribution in [0.2, 0.25) is 0 Å². The second kappa shape index (κ2) is 11.0. The first kappa shape index (κ1) is 27.3.